The van der Waals surface area contributed by atoms with Crippen LogP contribution in [0.2, 0.25) is 0 Å². The Balaban J connectivity index is 1.84. The van der Waals surface area contributed by atoms with E-state index in [-0.39, 0.29) is 0 Å². The number of likely N-dealkylation sites (N-methyl/N-ethyl adjacent to an activating group) is 1. The van der Waals surface area contributed by atoms with E-state index >= 15 is 0 Å². The minimum atomic E-state index is 0.742. The molecule has 0 bridgehead atoms. The zero-order valence-electron chi connectivity index (χ0n) is 14.7. The fourth-order valence-corrected chi connectivity index (χ4v) is 4.49. The van der Waals surface area contributed by atoms with E-state index in [0.717, 1.165) is 30.3 Å². The van der Waals surface area contributed by atoms with Crippen LogP contribution in [0.25, 0.3) is 0 Å². The van der Waals surface area contributed by atoms with Crippen molar-refractivity contribution in [2.45, 2.75) is 78.2 Å². The fraction of sp³-hybridized carbons (Fsp3) is 1.00. The van der Waals surface area contributed by atoms with Gasteiger partial charge in [0.05, 0.1) is 0 Å². The molecule has 0 amide bonds. The number of nitrogens with zero attached hydrogens (tertiary/aromatic N) is 1. The van der Waals surface area contributed by atoms with Gasteiger partial charge in [-0.1, -0.05) is 40.0 Å². The van der Waals surface area contributed by atoms with E-state index in [1.54, 1.807) is 0 Å². The Bertz CT molecular complexity index is 271. The van der Waals surface area contributed by atoms with Crippen molar-refractivity contribution in [3.05, 3.63) is 0 Å². The number of nitrogens with one attached hydrogen (secondary N) is 1. The molecule has 2 nitrogen and oxygen atoms in total. The summed E-state index contributed by atoms with van der Waals surface area (Å²) >= 11 is 0. The van der Waals surface area contributed by atoms with E-state index in [2.05, 4.69) is 31.0 Å². The summed E-state index contributed by atoms with van der Waals surface area (Å²) in [5, 5.41) is 3.81. The molecular weight excluding hydrogens is 256 g/mol. The highest BCUT2D eigenvalue weighted by molar-refractivity contribution is 4.83. The van der Waals surface area contributed by atoms with Crippen LogP contribution in [0.5, 0.6) is 0 Å². The minimum Gasteiger partial charge on any atom is -0.313 e. The van der Waals surface area contributed by atoms with Gasteiger partial charge < -0.3 is 10.2 Å². The van der Waals surface area contributed by atoms with Crippen LogP contribution in [0.15, 0.2) is 0 Å². The zero-order chi connectivity index (χ0) is 15.1. The topological polar surface area (TPSA) is 15.3 Å². The van der Waals surface area contributed by atoms with Gasteiger partial charge in [-0.25, -0.2) is 0 Å². The van der Waals surface area contributed by atoms with Crippen LogP contribution in [0.4, 0.5) is 0 Å². The number of hydrogen-bond acceptors (Lipinski definition) is 2. The third-order valence-corrected chi connectivity index (χ3v) is 5.95. The van der Waals surface area contributed by atoms with Gasteiger partial charge in [0.15, 0.2) is 0 Å². The molecule has 2 fully saturated rings. The van der Waals surface area contributed by atoms with Gasteiger partial charge in [0.25, 0.3) is 0 Å². The Hall–Kier alpha value is -0.0800. The van der Waals surface area contributed by atoms with Crippen molar-refractivity contribution in [2.24, 2.45) is 17.8 Å². The molecule has 0 radical (unpaired) electrons. The van der Waals surface area contributed by atoms with Gasteiger partial charge in [-0.05, 0) is 69.5 Å². The van der Waals surface area contributed by atoms with Crippen LogP contribution in [0.1, 0.15) is 72.1 Å². The highest BCUT2D eigenvalue weighted by Gasteiger charge is 2.26. The van der Waals surface area contributed by atoms with Crippen molar-refractivity contribution in [2.75, 3.05) is 26.2 Å². The first kappa shape index (κ1) is 17.3. The van der Waals surface area contributed by atoms with E-state index in [0.29, 0.717) is 0 Å². The third-order valence-electron chi connectivity index (χ3n) is 5.95. The molecule has 0 aromatic heterocycles. The summed E-state index contributed by atoms with van der Waals surface area (Å²) in [5.74, 6) is 2.76. The summed E-state index contributed by atoms with van der Waals surface area (Å²) in [6, 6.07) is 0.742. The summed E-state index contributed by atoms with van der Waals surface area (Å²) < 4.78 is 0. The lowest BCUT2D eigenvalue weighted by Crippen LogP contribution is -2.46. The van der Waals surface area contributed by atoms with Crippen LogP contribution in [-0.2, 0) is 0 Å². The molecule has 124 valence electrons. The molecule has 1 N–H and O–H groups in total. The Morgan fingerprint density at radius 3 is 2.29 bits per heavy atom. The molecule has 0 spiro atoms. The maximum absolute atomic E-state index is 3.81. The van der Waals surface area contributed by atoms with Crippen LogP contribution >= 0.6 is 0 Å². The Morgan fingerprint density at radius 1 is 0.905 bits per heavy atom. The molecule has 0 aromatic carbocycles. The molecule has 1 aliphatic carbocycles. The van der Waals surface area contributed by atoms with Gasteiger partial charge in [-0.3, -0.25) is 0 Å². The lowest BCUT2D eigenvalue weighted by atomic mass is 9.83. The van der Waals surface area contributed by atoms with Crippen molar-refractivity contribution >= 4 is 0 Å². The van der Waals surface area contributed by atoms with Crippen molar-refractivity contribution in [3.8, 4) is 0 Å². The first-order valence-corrected chi connectivity index (χ1v) is 9.66. The second kappa shape index (κ2) is 9.15. The fourth-order valence-electron chi connectivity index (χ4n) is 4.49. The maximum Gasteiger partial charge on any atom is 0.0223 e. The molecule has 2 rings (SSSR count). The van der Waals surface area contributed by atoms with E-state index in [9.17, 15) is 0 Å². The van der Waals surface area contributed by atoms with E-state index in [4.69, 9.17) is 0 Å². The smallest absolute Gasteiger partial charge is 0.0223 e. The SMILES string of the molecule is CCNC(CN1CCCC(C(C)C)CC1)C1CCCCC1. The molecule has 1 heterocycles. The predicted molar refractivity (Wildman–Crippen MR) is 92.7 cm³/mol. The second-order valence-electron chi connectivity index (χ2n) is 7.80. The van der Waals surface area contributed by atoms with Gasteiger partial charge >= 0.3 is 0 Å². The predicted octanol–water partition coefficient (Wildman–Crippen LogP) is 4.30. The van der Waals surface area contributed by atoms with Gasteiger partial charge in [0.2, 0.25) is 0 Å². The number of hydrogen-bond donors (Lipinski definition) is 1. The summed E-state index contributed by atoms with van der Waals surface area (Å²) in [5.41, 5.74) is 0. The zero-order valence-corrected chi connectivity index (χ0v) is 14.7. The molecule has 21 heavy (non-hydrogen) atoms. The second-order valence-corrected chi connectivity index (χ2v) is 7.80. The Morgan fingerprint density at radius 2 is 1.62 bits per heavy atom. The molecule has 1 saturated heterocycles. The largest absolute Gasteiger partial charge is 0.313 e. The van der Waals surface area contributed by atoms with Crippen LogP contribution in [0, 0.1) is 17.8 Å². The molecule has 1 saturated carbocycles. The molecule has 2 heteroatoms. The summed E-state index contributed by atoms with van der Waals surface area (Å²) in [6.07, 6.45) is 11.6. The molecule has 2 atom stereocenters. The quantitative estimate of drug-likeness (QED) is 0.785. The molecule has 2 unspecified atom stereocenters. The first-order chi connectivity index (χ1) is 10.2. The summed E-state index contributed by atoms with van der Waals surface area (Å²) in [4.78, 5) is 2.77. The lowest BCUT2D eigenvalue weighted by Gasteiger charge is -2.34. The average molecular weight is 295 g/mol. The lowest BCUT2D eigenvalue weighted by molar-refractivity contribution is 0.185. The van der Waals surface area contributed by atoms with Crippen LogP contribution < -0.4 is 5.32 Å². The Kier molecular flexibility index (Phi) is 7.53. The number of rotatable bonds is 6. The van der Waals surface area contributed by atoms with Crippen LogP contribution in [-0.4, -0.2) is 37.1 Å². The minimum absolute atomic E-state index is 0.742. The number of likely N-dealkylation sites (tertiary alicyclic amines) is 1. The molecule has 1 aliphatic heterocycles. The van der Waals surface area contributed by atoms with Crippen LogP contribution in [0.3, 0.4) is 0 Å². The molecule has 0 aromatic rings. The monoisotopic (exact) mass is 294 g/mol. The third kappa shape index (κ3) is 5.56. The van der Waals surface area contributed by atoms with Gasteiger partial charge in [0, 0.05) is 12.6 Å². The van der Waals surface area contributed by atoms with Crippen molar-refractivity contribution in [1.82, 2.24) is 10.2 Å². The molecular formula is C19H38N2. The van der Waals surface area contributed by atoms with E-state index in [1.807, 2.05) is 0 Å². The summed E-state index contributed by atoms with van der Waals surface area (Å²) in [6.45, 7) is 12.2. The highest BCUT2D eigenvalue weighted by atomic mass is 15.1. The van der Waals surface area contributed by atoms with E-state index < -0.39 is 0 Å². The maximum atomic E-state index is 3.81. The van der Waals surface area contributed by atoms with Crippen molar-refractivity contribution < 1.29 is 0 Å². The van der Waals surface area contributed by atoms with Gasteiger partial charge in [-0.2, -0.15) is 0 Å². The standard InChI is InChI=1S/C19H38N2/c1-4-20-19(18-9-6-5-7-10-18)15-21-13-8-11-17(12-14-21)16(2)3/h16-20H,4-15H2,1-3H3. The highest BCUT2D eigenvalue weighted by Crippen LogP contribution is 2.28. The first-order valence-electron chi connectivity index (χ1n) is 9.66. The van der Waals surface area contributed by atoms with Gasteiger partial charge in [-0.15, -0.1) is 0 Å². The molecule has 2 aliphatic rings. The summed E-state index contributed by atoms with van der Waals surface area (Å²) in [7, 11) is 0. The van der Waals surface area contributed by atoms with Crippen molar-refractivity contribution in [1.29, 1.82) is 0 Å². The average Bonchev–Trinajstić information content (AvgIpc) is 2.73. The van der Waals surface area contributed by atoms with Gasteiger partial charge in [0.1, 0.15) is 0 Å². The Labute approximate surface area is 133 Å². The van der Waals surface area contributed by atoms with Crippen molar-refractivity contribution in [3.63, 3.8) is 0 Å². The van der Waals surface area contributed by atoms with E-state index in [1.165, 1.54) is 71.0 Å². The normalized spacial score (nSPS) is 27.7.